The number of carbonyl (C=O) groups is 2. The molecule has 2 amide bonds. The quantitative estimate of drug-likeness (QED) is 0.635. The fourth-order valence-corrected chi connectivity index (χ4v) is 3.78. The van der Waals surface area contributed by atoms with Gasteiger partial charge in [0.25, 0.3) is 5.91 Å². The SMILES string of the molecule is O=C(C[NH+]1CCN(C(=O)CCn2cnc3ccccc32)CC1)Nc1ccc(F)cc1. The summed E-state index contributed by atoms with van der Waals surface area (Å²) in [5.74, 6) is -0.313. The molecular formula is C22H25FN5O2+. The molecule has 0 saturated carbocycles. The molecule has 1 aliphatic rings. The van der Waals surface area contributed by atoms with Crippen molar-refractivity contribution in [3.05, 3.63) is 60.7 Å². The zero-order valence-electron chi connectivity index (χ0n) is 16.7. The Morgan fingerprint density at radius 2 is 1.80 bits per heavy atom. The number of anilines is 1. The third kappa shape index (κ3) is 4.83. The second kappa shape index (κ2) is 9.04. The minimum Gasteiger partial charge on any atom is -0.331 e. The van der Waals surface area contributed by atoms with E-state index in [0.29, 0.717) is 38.3 Å². The van der Waals surface area contributed by atoms with E-state index in [1.165, 1.54) is 12.1 Å². The first-order valence-corrected chi connectivity index (χ1v) is 10.1. The molecule has 0 aliphatic carbocycles. The molecule has 0 spiro atoms. The van der Waals surface area contributed by atoms with Crippen LogP contribution < -0.4 is 10.2 Å². The molecule has 0 bridgehead atoms. The van der Waals surface area contributed by atoms with Gasteiger partial charge in [0.1, 0.15) is 5.82 Å². The normalized spacial score (nSPS) is 14.8. The zero-order valence-corrected chi connectivity index (χ0v) is 16.7. The number of rotatable bonds is 6. The molecular weight excluding hydrogens is 385 g/mol. The van der Waals surface area contributed by atoms with Gasteiger partial charge in [0, 0.05) is 18.7 Å². The van der Waals surface area contributed by atoms with Crippen LogP contribution in [0, 0.1) is 5.82 Å². The third-order valence-electron chi connectivity index (χ3n) is 5.46. The molecule has 3 aromatic rings. The summed E-state index contributed by atoms with van der Waals surface area (Å²) in [6.07, 6.45) is 2.21. The van der Waals surface area contributed by atoms with E-state index in [-0.39, 0.29) is 17.6 Å². The first kappa shape index (κ1) is 20.0. The van der Waals surface area contributed by atoms with Crippen LogP contribution in [0.2, 0.25) is 0 Å². The lowest BCUT2D eigenvalue weighted by molar-refractivity contribution is -0.895. The van der Waals surface area contributed by atoms with Crippen LogP contribution in [0.15, 0.2) is 54.9 Å². The molecule has 4 rings (SSSR count). The number of nitrogens with zero attached hydrogens (tertiary/aromatic N) is 3. The van der Waals surface area contributed by atoms with Crippen molar-refractivity contribution in [2.24, 2.45) is 0 Å². The molecule has 1 saturated heterocycles. The van der Waals surface area contributed by atoms with E-state index >= 15 is 0 Å². The summed E-state index contributed by atoms with van der Waals surface area (Å²) in [5, 5.41) is 2.79. The molecule has 1 aromatic heterocycles. The van der Waals surface area contributed by atoms with Crippen molar-refractivity contribution in [3.8, 4) is 0 Å². The summed E-state index contributed by atoms with van der Waals surface area (Å²) < 4.78 is 15.0. The van der Waals surface area contributed by atoms with E-state index in [1.54, 1.807) is 18.5 Å². The predicted molar refractivity (Wildman–Crippen MR) is 112 cm³/mol. The number of imidazole rings is 1. The number of aromatic nitrogens is 2. The number of benzene rings is 2. The van der Waals surface area contributed by atoms with Gasteiger partial charge in [-0.1, -0.05) is 12.1 Å². The van der Waals surface area contributed by atoms with Crippen molar-refractivity contribution >= 4 is 28.5 Å². The second-order valence-corrected chi connectivity index (χ2v) is 7.54. The van der Waals surface area contributed by atoms with Gasteiger partial charge in [-0.2, -0.15) is 0 Å². The van der Waals surface area contributed by atoms with E-state index in [4.69, 9.17) is 0 Å². The summed E-state index contributed by atoms with van der Waals surface area (Å²) >= 11 is 0. The number of para-hydroxylation sites is 2. The van der Waals surface area contributed by atoms with Gasteiger partial charge < -0.3 is 19.7 Å². The van der Waals surface area contributed by atoms with E-state index < -0.39 is 0 Å². The molecule has 8 heteroatoms. The first-order chi connectivity index (χ1) is 14.6. The highest BCUT2D eigenvalue weighted by molar-refractivity contribution is 5.91. The van der Waals surface area contributed by atoms with E-state index in [1.807, 2.05) is 33.7 Å². The van der Waals surface area contributed by atoms with Crippen molar-refractivity contribution < 1.29 is 18.9 Å². The average Bonchev–Trinajstić information content (AvgIpc) is 3.17. The van der Waals surface area contributed by atoms with Crippen LogP contribution in [0.1, 0.15) is 6.42 Å². The Bertz CT molecular complexity index is 1030. The Morgan fingerprint density at radius 3 is 2.57 bits per heavy atom. The van der Waals surface area contributed by atoms with Crippen LogP contribution >= 0.6 is 0 Å². The van der Waals surface area contributed by atoms with Gasteiger partial charge in [0.05, 0.1) is 43.5 Å². The van der Waals surface area contributed by atoms with Gasteiger partial charge in [-0.15, -0.1) is 0 Å². The second-order valence-electron chi connectivity index (χ2n) is 7.54. The van der Waals surface area contributed by atoms with Crippen LogP contribution in [-0.4, -0.2) is 59.0 Å². The fourth-order valence-electron chi connectivity index (χ4n) is 3.78. The number of quaternary nitrogens is 1. The van der Waals surface area contributed by atoms with Crippen molar-refractivity contribution in [3.63, 3.8) is 0 Å². The van der Waals surface area contributed by atoms with Crippen LogP contribution in [0.4, 0.5) is 10.1 Å². The average molecular weight is 410 g/mol. The minimum absolute atomic E-state index is 0.108. The molecule has 1 aliphatic heterocycles. The molecule has 1 fully saturated rings. The number of halogens is 1. The van der Waals surface area contributed by atoms with Crippen LogP contribution in [-0.2, 0) is 16.1 Å². The number of piperazine rings is 1. The number of hydrogen-bond donors (Lipinski definition) is 2. The molecule has 2 aromatic carbocycles. The van der Waals surface area contributed by atoms with Crippen LogP contribution in [0.25, 0.3) is 11.0 Å². The Kier molecular flexibility index (Phi) is 6.04. The van der Waals surface area contributed by atoms with Crippen LogP contribution in [0.5, 0.6) is 0 Å². The van der Waals surface area contributed by atoms with Crippen molar-refractivity contribution in [2.45, 2.75) is 13.0 Å². The highest BCUT2D eigenvalue weighted by atomic mass is 19.1. The van der Waals surface area contributed by atoms with Crippen LogP contribution in [0.3, 0.4) is 0 Å². The maximum atomic E-state index is 12.9. The monoisotopic (exact) mass is 410 g/mol. The lowest BCUT2D eigenvalue weighted by atomic mass is 10.2. The predicted octanol–water partition coefficient (Wildman–Crippen LogP) is 0.931. The molecule has 0 radical (unpaired) electrons. The molecule has 30 heavy (non-hydrogen) atoms. The third-order valence-corrected chi connectivity index (χ3v) is 5.46. The Labute approximate surface area is 174 Å². The van der Waals surface area contributed by atoms with E-state index in [0.717, 1.165) is 29.0 Å². The fraction of sp³-hybridized carbons (Fsp3) is 0.318. The van der Waals surface area contributed by atoms with Gasteiger partial charge >= 0.3 is 0 Å². The van der Waals surface area contributed by atoms with Crippen molar-refractivity contribution in [1.82, 2.24) is 14.5 Å². The summed E-state index contributed by atoms with van der Waals surface area (Å²) in [6.45, 7) is 3.69. The largest absolute Gasteiger partial charge is 0.331 e. The lowest BCUT2D eigenvalue weighted by Gasteiger charge is -2.32. The van der Waals surface area contributed by atoms with Crippen molar-refractivity contribution in [2.75, 3.05) is 38.0 Å². The van der Waals surface area contributed by atoms with Gasteiger partial charge in [0.15, 0.2) is 6.54 Å². The highest BCUT2D eigenvalue weighted by Crippen LogP contribution is 2.12. The minimum atomic E-state index is -0.333. The Balaban J connectivity index is 1.21. The molecule has 0 atom stereocenters. The summed E-state index contributed by atoms with van der Waals surface area (Å²) in [4.78, 5) is 32.2. The topological polar surface area (TPSA) is 71.7 Å². The molecule has 156 valence electrons. The van der Waals surface area contributed by atoms with Gasteiger partial charge in [-0.25, -0.2) is 9.37 Å². The highest BCUT2D eigenvalue weighted by Gasteiger charge is 2.25. The number of carbonyl (C=O) groups excluding carboxylic acids is 2. The lowest BCUT2D eigenvalue weighted by Crippen LogP contribution is -3.15. The maximum Gasteiger partial charge on any atom is 0.279 e. The van der Waals surface area contributed by atoms with Crippen molar-refractivity contribution in [1.29, 1.82) is 0 Å². The molecule has 2 heterocycles. The number of amides is 2. The smallest absolute Gasteiger partial charge is 0.279 e. The first-order valence-electron chi connectivity index (χ1n) is 10.1. The molecule has 7 nitrogen and oxygen atoms in total. The number of hydrogen-bond acceptors (Lipinski definition) is 3. The van der Waals surface area contributed by atoms with Gasteiger partial charge in [0.2, 0.25) is 5.91 Å². The summed E-state index contributed by atoms with van der Waals surface area (Å²) in [7, 11) is 0. The van der Waals surface area contributed by atoms with Gasteiger partial charge in [-0.3, -0.25) is 9.59 Å². The standard InChI is InChI=1S/C22H24FN5O2/c23-17-5-7-18(8-6-17)25-21(29)15-26-11-13-27(14-12-26)22(30)9-10-28-16-24-19-3-1-2-4-20(19)28/h1-8,16H,9-15H2,(H,25,29)/p+1. The summed E-state index contributed by atoms with van der Waals surface area (Å²) in [5.41, 5.74) is 2.55. The number of nitrogens with one attached hydrogen (secondary N) is 2. The summed E-state index contributed by atoms with van der Waals surface area (Å²) in [6, 6.07) is 13.6. The maximum absolute atomic E-state index is 12.9. The number of aryl methyl sites for hydroxylation is 1. The van der Waals surface area contributed by atoms with E-state index in [9.17, 15) is 14.0 Å². The molecule has 0 unspecified atom stereocenters. The number of fused-ring (bicyclic) bond motifs is 1. The van der Waals surface area contributed by atoms with E-state index in [2.05, 4.69) is 10.3 Å². The Morgan fingerprint density at radius 1 is 1.07 bits per heavy atom. The Hall–Kier alpha value is -3.26. The van der Waals surface area contributed by atoms with Gasteiger partial charge in [-0.05, 0) is 36.4 Å². The molecule has 2 N–H and O–H groups in total. The zero-order chi connectivity index (χ0) is 20.9.